The molecule has 0 atom stereocenters. The molecule has 0 saturated heterocycles. The predicted octanol–water partition coefficient (Wildman–Crippen LogP) is 4.33. The number of alkyl halides is 6. The third kappa shape index (κ3) is 8.81. The van der Waals surface area contributed by atoms with Gasteiger partial charge in [-0.1, -0.05) is 6.07 Å². The van der Waals surface area contributed by atoms with Gasteiger partial charge in [0.25, 0.3) is 0 Å². The van der Waals surface area contributed by atoms with Gasteiger partial charge in [0.2, 0.25) is 11.9 Å². The maximum Gasteiger partial charge on any atom is 0.422 e. The lowest BCUT2D eigenvalue weighted by Gasteiger charge is -2.13. The minimum absolute atomic E-state index is 0.0546. The molecule has 1 aromatic heterocycles. The largest absolute Gasteiger partial charge is 0.466 e. The van der Waals surface area contributed by atoms with Crippen LogP contribution in [0.1, 0.15) is 25.3 Å². The van der Waals surface area contributed by atoms with E-state index in [0.717, 1.165) is 18.2 Å². The number of nitrogens with one attached hydrogen (secondary N) is 2. The Bertz CT molecular complexity index is 907. The lowest BCUT2D eigenvalue weighted by molar-refractivity contribution is -0.154. The Kier molecular flexibility index (Phi) is 8.43. The third-order valence-electron chi connectivity index (χ3n) is 3.57. The first kappa shape index (κ1) is 24.9. The fraction of sp³-hybridized carbons (Fsp3) is 0.444. The van der Waals surface area contributed by atoms with Crippen molar-refractivity contribution in [2.75, 3.05) is 30.4 Å². The lowest BCUT2D eigenvalue weighted by atomic mass is 10.2. The van der Waals surface area contributed by atoms with E-state index >= 15 is 0 Å². The highest BCUT2D eigenvalue weighted by Gasteiger charge is 2.31. The highest BCUT2D eigenvalue weighted by Crippen LogP contribution is 2.31. The smallest absolute Gasteiger partial charge is 0.422 e. The minimum Gasteiger partial charge on any atom is -0.466 e. The number of rotatable bonds is 10. The number of hydrogen-bond acceptors (Lipinski definition) is 8. The number of esters is 1. The fourth-order valence-corrected chi connectivity index (χ4v) is 2.27. The van der Waals surface area contributed by atoms with Gasteiger partial charge < -0.3 is 20.1 Å². The Morgan fingerprint density at radius 2 is 1.78 bits per heavy atom. The summed E-state index contributed by atoms with van der Waals surface area (Å²) in [6, 6.07) is 3.38. The number of halogens is 6. The lowest BCUT2D eigenvalue weighted by Crippen LogP contribution is -2.21. The number of anilines is 3. The van der Waals surface area contributed by atoms with Crippen molar-refractivity contribution in [3.05, 3.63) is 29.8 Å². The number of carbonyl (C=O) groups is 1. The molecule has 14 heteroatoms. The van der Waals surface area contributed by atoms with Gasteiger partial charge in [0.05, 0.1) is 12.2 Å². The van der Waals surface area contributed by atoms with Crippen molar-refractivity contribution in [3.8, 4) is 6.01 Å². The van der Waals surface area contributed by atoms with E-state index in [-0.39, 0.29) is 37.2 Å². The first-order valence-electron chi connectivity index (χ1n) is 9.25. The highest BCUT2D eigenvalue weighted by atomic mass is 19.4. The molecule has 32 heavy (non-hydrogen) atoms. The van der Waals surface area contributed by atoms with Crippen molar-refractivity contribution < 1.29 is 40.6 Å². The average Bonchev–Trinajstić information content (AvgIpc) is 2.69. The van der Waals surface area contributed by atoms with Crippen LogP contribution in [0.25, 0.3) is 0 Å². The predicted molar refractivity (Wildman–Crippen MR) is 100 cm³/mol. The van der Waals surface area contributed by atoms with E-state index in [0.29, 0.717) is 6.42 Å². The number of aromatic nitrogens is 3. The monoisotopic (exact) mass is 467 g/mol. The molecule has 1 heterocycles. The Labute approximate surface area is 178 Å². The van der Waals surface area contributed by atoms with E-state index < -0.39 is 36.5 Å². The summed E-state index contributed by atoms with van der Waals surface area (Å²) in [4.78, 5) is 22.6. The first-order chi connectivity index (χ1) is 15.0. The van der Waals surface area contributed by atoms with Crippen LogP contribution in [0.5, 0.6) is 6.01 Å². The molecule has 0 bridgehead atoms. The SMILES string of the molecule is CCOC(=O)CCCNc1nc(Nc2cccc(C(F)(F)F)c2)nc(OCC(F)(F)F)n1. The fourth-order valence-electron chi connectivity index (χ4n) is 2.27. The van der Waals surface area contributed by atoms with Gasteiger partial charge in [-0.2, -0.15) is 41.3 Å². The van der Waals surface area contributed by atoms with Crippen molar-refractivity contribution in [1.82, 2.24) is 15.0 Å². The minimum atomic E-state index is -4.66. The summed E-state index contributed by atoms with van der Waals surface area (Å²) in [5.74, 6) is -0.967. The zero-order valence-electron chi connectivity index (χ0n) is 16.7. The molecule has 0 amide bonds. The number of nitrogens with zero attached hydrogens (tertiary/aromatic N) is 3. The van der Waals surface area contributed by atoms with Crippen LogP contribution in [0.3, 0.4) is 0 Å². The maximum atomic E-state index is 12.9. The number of benzene rings is 1. The van der Waals surface area contributed by atoms with E-state index in [4.69, 9.17) is 4.74 Å². The van der Waals surface area contributed by atoms with Gasteiger partial charge in [0, 0.05) is 18.7 Å². The molecule has 2 aromatic rings. The van der Waals surface area contributed by atoms with Crippen molar-refractivity contribution in [3.63, 3.8) is 0 Å². The molecule has 0 saturated carbocycles. The van der Waals surface area contributed by atoms with Crippen LogP contribution in [0, 0.1) is 0 Å². The van der Waals surface area contributed by atoms with Gasteiger partial charge in [-0.25, -0.2) is 0 Å². The van der Waals surface area contributed by atoms with Crippen LogP contribution in [0.2, 0.25) is 0 Å². The topological polar surface area (TPSA) is 98.3 Å². The Balaban J connectivity index is 2.16. The summed E-state index contributed by atoms with van der Waals surface area (Å²) in [5.41, 5.74) is -0.997. The van der Waals surface area contributed by atoms with Gasteiger partial charge in [0.1, 0.15) is 0 Å². The Morgan fingerprint density at radius 3 is 2.44 bits per heavy atom. The first-order valence-corrected chi connectivity index (χ1v) is 9.25. The molecule has 0 fully saturated rings. The van der Waals surface area contributed by atoms with Gasteiger partial charge in [0.15, 0.2) is 6.61 Å². The molecule has 2 N–H and O–H groups in total. The number of hydrogen-bond donors (Lipinski definition) is 2. The van der Waals surface area contributed by atoms with Gasteiger partial charge in [-0.05, 0) is 31.5 Å². The van der Waals surface area contributed by atoms with Crippen LogP contribution >= 0.6 is 0 Å². The second-order valence-corrected chi connectivity index (χ2v) is 6.21. The second-order valence-electron chi connectivity index (χ2n) is 6.21. The van der Waals surface area contributed by atoms with E-state index in [1.54, 1.807) is 6.92 Å². The summed E-state index contributed by atoms with van der Waals surface area (Å²) in [6.45, 7) is 0.361. The zero-order chi connectivity index (χ0) is 23.8. The Hall–Kier alpha value is -3.32. The van der Waals surface area contributed by atoms with Crippen molar-refractivity contribution >= 4 is 23.6 Å². The number of ether oxygens (including phenoxy) is 2. The van der Waals surface area contributed by atoms with Gasteiger partial charge >= 0.3 is 24.3 Å². The van der Waals surface area contributed by atoms with Crippen LogP contribution in [-0.4, -0.2) is 46.9 Å². The summed E-state index contributed by atoms with van der Waals surface area (Å²) in [5, 5.41) is 5.17. The van der Waals surface area contributed by atoms with Gasteiger partial charge in [-0.15, -0.1) is 0 Å². The molecule has 0 aliphatic rings. The second kappa shape index (κ2) is 10.8. The third-order valence-corrected chi connectivity index (χ3v) is 3.57. The average molecular weight is 467 g/mol. The Morgan fingerprint density at radius 1 is 1.06 bits per heavy atom. The van der Waals surface area contributed by atoms with Crippen LogP contribution in [-0.2, 0) is 15.7 Å². The highest BCUT2D eigenvalue weighted by molar-refractivity contribution is 5.69. The molecule has 2 rings (SSSR count). The van der Waals surface area contributed by atoms with Crippen molar-refractivity contribution in [1.29, 1.82) is 0 Å². The van der Waals surface area contributed by atoms with Crippen molar-refractivity contribution in [2.24, 2.45) is 0 Å². The molecule has 0 aliphatic carbocycles. The van der Waals surface area contributed by atoms with Crippen molar-refractivity contribution in [2.45, 2.75) is 32.1 Å². The van der Waals surface area contributed by atoms with E-state index in [9.17, 15) is 31.1 Å². The molecule has 0 radical (unpaired) electrons. The molecular formula is C18H19F6N5O3. The molecule has 1 aromatic carbocycles. The zero-order valence-corrected chi connectivity index (χ0v) is 16.7. The number of carbonyl (C=O) groups excluding carboxylic acids is 1. The standard InChI is InChI=1S/C18H19F6N5O3/c1-2-31-13(30)7-4-8-25-14-27-15(29-16(28-14)32-10-17(19,20)21)26-12-6-3-5-11(9-12)18(22,23)24/h3,5-6,9H,2,4,7-8,10H2,1H3,(H2,25,26,27,28,29). The van der Waals surface area contributed by atoms with E-state index in [1.165, 1.54) is 6.07 Å². The van der Waals surface area contributed by atoms with Crippen LogP contribution in [0.15, 0.2) is 24.3 Å². The summed E-state index contributed by atoms with van der Waals surface area (Å²) < 4.78 is 85.3. The molecule has 0 aliphatic heterocycles. The molecule has 8 nitrogen and oxygen atoms in total. The van der Waals surface area contributed by atoms with Gasteiger partial charge in [-0.3, -0.25) is 4.79 Å². The van der Waals surface area contributed by atoms with Crippen LogP contribution in [0.4, 0.5) is 43.9 Å². The summed E-state index contributed by atoms with van der Waals surface area (Å²) in [7, 11) is 0. The molecule has 0 unspecified atom stereocenters. The summed E-state index contributed by atoms with van der Waals surface area (Å²) in [6.07, 6.45) is -8.86. The van der Waals surface area contributed by atoms with E-state index in [1.807, 2.05) is 0 Å². The quantitative estimate of drug-likeness (QED) is 0.303. The summed E-state index contributed by atoms with van der Waals surface area (Å²) >= 11 is 0. The maximum absolute atomic E-state index is 12.9. The van der Waals surface area contributed by atoms with Crippen LogP contribution < -0.4 is 15.4 Å². The molecular weight excluding hydrogens is 448 g/mol. The van der Waals surface area contributed by atoms with E-state index in [2.05, 4.69) is 30.3 Å². The molecule has 176 valence electrons. The molecule has 0 spiro atoms. The normalized spacial score (nSPS) is 11.7.